The predicted molar refractivity (Wildman–Crippen MR) is 87.6 cm³/mol. The van der Waals surface area contributed by atoms with Gasteiger partial charge < -0.3 is 10.0 Å². The summed E-state index contributed by atoms with van der Waals surface area (Å²) in [7, 11) is 0. The van der Waals surface area contributed by atoms with Crippen LogP contribution in [0.1, 0.15) is 56.6 Å². The van der Waals surface area contributed by atoms with E-state index in [4.69, 9.17) is 11.6 Å². The average molecular weight is 308 g/mol. The highest BCUT2D eigenvalue weighted by Gasteiger charge is 2.33. The van der Waals surface area contributed by atoms with Crippen LogP contribution in [0.3, 0.4) is 0 Å². The molecule has 3 heteroatoms. The second-order valence-electron chi connectivity index (χ2n) is 6.62. The summed E-state index contributed by atoms with van der Waals surface area (Å²) in [5, 5.41) is 11.1. The van der Waals surface area contributed by atoms with Crippen LogP contribution in [-0.2, 0) is 0 Å². The number of rotatable bonds is 4. The van der Waals surface area contributed by atoms with E-state index in [0.29, 0.717) is 5.02 Å². The van der Waals surface area contributed by atoms with E-state index in [1.807, 2.05) is 24.3 Å². The van der Waals surface area contributed by atoms with Gasteiger partial charge in [0.05, 0.1) is 6.10 Å². The highest BCUT2D eigenvalue weighted by molar-refractivity contribution is 6.31. The maximum atomic E-state index is 10.4. The molecular formula is C18H26ClNO. The molecule has 3 unspecified atom stereocenters. The van der Waals surface area contributed by atoms with E-state index >= 15 is 0 Å². The van der Waals surface area contributed by atoms with E-state index in [1.165, 1.54) is 45.1 Å². The molecule has 0 radical (unpaired) electrons. The Morgan fingerprint density at radius 3 is 2.76 bits per heavy atom. The lowest BCUT2D eigenvalue weighted by molar-refractivity contribution is 0.0456. The normalized spacial score (nSPS) is 28.1. The molecule has 2 aliphatic rings. The lowest BCUT2D eigenvalue weighted by Gasteiger charge is -2.44. The molecule has 0 aromatic heterocycles. The molecule has 2 fully saturated rings. The second kappa shape index (κ2) is 7.13. The predicted octanol–water partition coefficient (Wildman–Crippen LogP) is 4.42. The Balaban J connectivity index is 1.58. The van der Waals surface area contributed by atoms with Crippen molar-refractivity contribution in [2.45, 2.75) is 57.1 Å². The Bertz CT molecular complexity index is 462. The smallest absolute Gasteiger partial charge is 0.0816 e. The molecule has 0 bridgehead atoms. The summed E-state index contributed by atoms with van der Waals surface area (Å²) in [6.07, 6.45) is 8.64. The van der Waals surface area contributed by atoms with Crippen LogP contribution in [0, 0.1) is 5.92 Å². The summed E-state index contributed by atoms with van der Waals surface area (Å²) in [5.74, 6) is 0.907. The van der Waals surface area contributed by atoms with Crippen molar-refractivity contribution < 1.29 is 5.11 Å². The summed E-state index contributed by atoms with van der Waals surface area (Å²) in [6, 6.07) is 8.43. The molecule has 116 valence electrons. The van der Waals surface area contributed by atoms with Gasteiger partial charge in [0.15, 0.2) is 0 Å². The maximum Gasteiger partial charge on any atom is 0.0816 e. The Morgan fingerprint density at radius 2 is 1.90 bits per heavy atom. The summed E-state index contributed by atoms with van der Waals surface area (Å²) >= 11 is 6.18. The number of benzene rings is 1. The SMILES string of the molecule is OC(CCN1CCCC2CCCCC21)c1ccccc1Cl. The van der Waals surface area contributed by atoms with Crippen LogP contribution >= 0.6 is 11.6 Å². The van der Waals surface area contributed by atoms with Gasteiger partial charge in [-0.2, -0.15) is 0 Å². The zero-order valence-corrected chi connectivity index (χ0v) is 13.4. The number of aliphatic hydroxyl groups is 1. The Hall–Kier alpha value is -0.570. The first-order valence-corrected chi connectivity index (χ1v) is 8.80. The van der Waals surface area contributed by atoms with Crippen LogP contribution in [0.2, 0.25) is 5.02 Å². The minimum absolute atomic E-state index is 0.442. The highest BCUT2D eigenvalue weighted by atomic mass is 35.5. The molecule has 1 saturated heterocycles. The number of halogens is 1. The molecule has 21 heavy (non-hydrogen) atoms. The summed E-state index contributed by atoms with van der Waals surface area (Å²) in [4.78, 5) is 2.63. The third-order valence-corrected chi connectivity index (χ3v) is 5.66. The van der Waals surface area contributed by atoms with Crippen molar-refractivity contribution in [2.24, 2.45) is 5.92 Å². The number of nitrogens with zero attached hydrogens (tertiary/aromatic N) is 1. The molecule has 0 spiro atoms. The van der Waals surface area contributed by atoms with Crippen molar-refractivity contribution in [1.82, 2.24) is 4.90 Å². The standard InChI is InChI=1S/C18H26ClNO/c19-16-9-3-2-8-15(16)18(21)11-13-20-12-5-7-14-6-1-4-10-17(14)20/h2-3,8-9,14,17-18,21H,1,4-7,10-13H2. The van der Waals surface area contributed by atoms with Gasteiger partial charge in [0.25, 0.3) is 0 Å². The van der Waals surface area contributed by atoms with E-state index < -0.39 is 6.10 Å². The van der Waals surface area contributed by atoms with Crippen molar-refractivity contribution in [2.75, 3.05) is 13.1 Å². The molecule has 0 amide bonds. The Morgan fingerprint density at radius 1 is 1.14 bits per heavy atom. The topological polar surface area (TPSA) is 23.5 Å². The van der Waals surface area contributed by atoms with Gasteiger partial charge in [-0.25, -0.2) is 0 Å². The van der Waals surface area contributed by atoms with E-state index in [0.717, 1.165) is 30.5 Å². The average Bonchev–Trinajstić information content (AvgIpc) is 2.53. The van der Waals surface area contributed by atoms with Crippen molar-refractivity contribution in [3.63, 3.8) is 0 Å². The Labute approximate surface area is 133 Å². The van der Waals surface area contributed by atoms with Gasteiger partial charge in [0.1, 0.15) is 0 Å². The van der Waals surface area contributed by atoms with Crippen LogP contribution in [0.4, 0.5) is 0 Å². The third-order valence-electron chi connectivity index (χ3n) is 5.31. The first-order valence-electron chi connectivity index (χ1n) is 8.42. The molecule has 1 aromatic carbocycles. The van der Waals surface area contributed by atoms with Gasteiger partial charge in [-0.15, -0.1) is 0 Å². The van der Waals surface area contributed by atoms with E-state index in [1.54, 1.807) is 0 Å². The maximum absolute atomic E-state index is 10.4. The fraction of sp³-hybridized carbons (Fsp3) is 0.667. The Kier molecular flexibility index (Phi) is 5.20. The first kappa shape index (κ1) is 15.3. The van der Waals surface area contributed by atoms with Gasteiger partial charge in [-0.3, -0.25) is 0 Å². The molecule has 3 rings (SSSR count). The molecule has 1 N–H and O–H groups in total. The first-order chi connectivity index (χ1) is 10.3. The largest absolute Gasteiger partial charge is 0.388 e. The van der Waals surface area contributed by atoms with Gasteiger partial charge in [-0.1, -0.05) is 42.6 Å². The fourth-order valence-electron chi connectivity index (χ4n) is 4.19. The van der Waals surface area contributed by atoms with Crippen molar-refractivity contribution in [1.29, 1.82) is 0 Å². The van der Waals surface area contributed by atoms with Crippen LogP contribution < -0.4 is 0 Å². The number of hydrogen-bond acceptors (Lipinski definition) is 2. The monoisotopic (exact) mass is 307 g/mol. The number of hydrogen-bond donors (Lipinski definition) is 1. The van der Waals surface area contributed by atoms with Gasteiger partial charge in [0.2, 0.25) is 0 Å². The van der Waals surface area contributed by atoms with Crippen LogP contribution in [0.5, 0.6) is 0 Å². The van der Waals surface area contributed by atoms with Crippen molar-refractivity contribution >= 4 is 11.6 Å². The van der Waals surface area contributed by atoms with E-state index in [-0.39, 0.29) is 0 Å². The lowest BCUT2D eigenvalue weighted by atomic mass is 9.78. The van der Waals surface area contributed by atoms with Gasteiger partial charge >= 0.3 is 0 Å². The zero-order chi connectivity index (χ0) is 14.7. The summed E-state index contributed by atoms with van der Waals surface area (Å²) in [6.45, 7) is 2.20. The molecule has 1 aliphatic carbocycles. The highest BCUT2D eigenvalue weighted by Crippen LogP contribution is 2.36. The number of fused-ring (bicyclic) bond motifs is 1. The molecule has 2 nitrogen and oxygen atoms in total. The second-order valence-corrected chi connectivity index (χ2v) is 7.02. The van der Waals surface area contributed by atoms with Crippen LogP contribution in [0.15, 0.2) is 24.3 Å². The number of aliphatic hydroxyl groups excluding tert-OH is 1. The lowest BCUT2D eigenvalue weighted by Crippen LogP contribution is -2.47. The van der Waals surface area contributed by atoms with Crippen molar-refractivity contribution in [3.05, 3.63) is 34.9 Å². The molecule has 1 saturated carbocycles. The summed E-state index contributed by atoms with van der Waals surface area (Å²) in [5.41, 5.74) is 0.872. The summed E-state index contributed by atoms with van der Waals surface area (Å²) < 4.78 is 0. The molecular weight excluding hydrogens is 282 g/mol. The minimum atomic E-state index is -0.442. The van der Waals surface area contributed by atoms with Crippen LogP contribution in [0.25, 0.3) is 0 Å². The van der Waals surface area contributed by atoms with Gasteiger partial charge in [0, 0.05) is 17.6 Å². The van der Waals surface area contributed by atoms with E-state index in [2.05, 4.69) is 4.90 Å². The number of likely N-dealkylation sites (tertiary alicyclic amines) is 1. The molecule has 1 aliphatic heterocycles. The third kappa shape index (κ3) is 3.61. The number of piperidine rings is 1. The minimum Gasteiger partial charge on any atom is -0.388 e. The quantitative estimate of drug-likeness (QED) is 0.890. The molecule has 3 atom stereocenters. The van der Waals surface area contributed by atoms with E-state index in [9.17, 15) is 5.11 Å². The van der Waals surface area contributed by atoms with Crippen molar-refractivity contribution in [3.8, 4) is 0 Å². The molecule has 1 aromatic rings. The van der Waals surface area contributed by atoms with Gasteiger partial charge in [-0.05, 0) is 56.2 Å². The van der Waals surface area contributed by atoms with Crippen LogP contribution in [-0.4, -0.2) is 29.1 Å². The zero-order valence-electron chi connectivity index (χ0n) is 12.7. The molecule has 1 heterocycles. The fourth-order valence-corrected chi connectivity index (χ4v) is 4.46.